The van der Waals surface area contributed by atoms with Gasteiger partial charge in [-0.2, -0.15) is 0 Å². The van der Waals surface area contributed by atoms with Crippen LogP contribution in [0.4, 0.5) is 10.3 Å². The fourth-order valence-electron chi connectivity index (χ4n) is 4.33. The normalized spacial score (nSPS) is 23.7. The molecule has 2 aliphatic rings. The molecule has 1 atom stereocenters. The van der Waals surface area contributed by atoms with Crippen LogP contribution in [0, 0.1) is 11.2 Å². The van der Waals surface area contributed by atoms with Crippen LogP contribution >= 0.6 is 0 Å². The maximum Gasteiger partial charge on any atom is 0.230 e. The molecule has 2 saturated heterocycles. The number of imidazole rings is 1. The zero-order valence-electron chi connectivity index (χ0n) is 21.2. The molecule has 0 radical (unpaired) electrons. The van der Waals surface area contributed by atoms with Crippen LogP contribution in [0.25, 0.3) is 22.6 Å². The van der Waals surface area contributed by atoms with E-state index in [1.807, 2.05) is 21.0 Å². The average molecular weight is 511 g/mol. The van der Waals surface area contributed by atoms with Crippen LogP contribution in [-0.2, 0) is 19.0 Å². The molecule has 4 heterocycles. The highest BCUT2D eigenvalue weighted by Crippen LogP contribution is 2.35. The number of H-pyrrole nitrogens is 1. The predicted octanol–water partition coefficient (Wildman–Crippen LogP) is 3.09. The van der Waals surface area contributed by atoms with E-state index in [0.29, 0.717) is 41.0 Å². The number of carbonyl (C=O) groups excluding carboxylic acids is 1. The van der Waals surface area contributed by atoms with Crippen LogP contribution in [0.5, 0.6) is 0 Å². The van der Waals surface area contributed by atoms with Gasteiger partial charge in [-0.1, -0.05) is 0 Å². The number of hydrogen-bond acceptors (Lipinski definition) is 8. The maximum absolute atomic E-state index is 13.6. The van der Waals surface area contributed by atoms with Gasteiger partial charge in [0.05, 0.1) is 41.8 Å². The van der Waals surface area contributed by atoms with E-state index in [-0.39, 0.29) is 31.0 Å². The van der Waals surface area contributed by atoms with E-state index in [1.165, 1.54) is 12.1 Å². The van der Waals surface area contributed by atoms with Crippen molar-refractivity contribution in [2.24, 2.45) is 5.41 Å². The summed E-state index contributed by atoms with van der Waals surface area (Å²) in [4.78, 5) is 31.6. The molecule has 2 fully saturated rings. The van der Waals surface area contributed by atoms with Crippen LogP contribution in [-0.4, -0.2) is 72.4 Å². The van der Waals surface area contributed by atoms with Crippen molar-refractivity contribution in [3.05, 3.63) is 48.2 Å². The lowest BCUT2D eigenvalue weighted by atomic mass is 9.91. The van der Waals surface area contributed by atoms with Crippen molar-refractivity contribution in [2.45, 2.75) is 32.2 Å². The van der Waals surface area contributed by atoms with E-state index >= 15 is 0 Å². The van der Waals surface area contributed by atoms with E-state index in [1.54, 1.807) is 29.3 Å². The molecule has 3 aromatic rings. The standard InChI is InChI=1S/C26H31FN6O4/c1-26(24(34)29-13-18-5-4-12-35-18)14-36-23(37-15-26)22-31-20(16-6-8-17(27)9-7-16)21(32-22)19-10-11-28-25(30-19)33(2)3/h6-11,18,23H,4-5,12-15H2,1-3H3,(H,29,34)(H,31,32). The third-order valence-corrected chi connectivity index (χ3v) is 6.53. The summed E-state index contributed by atoms with van der Waals surface area (Å²) in [6.45, 7) is 3.36. The first kappa shape index (κ1) is 25.2. The van der Waals surface area contributed by atoms with Crippen molar-refractivity contribution in [2.75, 3.05) is 45.4 Å². The molecular weight excluding hydrogens is 479 g/mol. The predicted molar refractivity (Wildman–Crippen MR) is 134 cm³/mol. The summed E-state index contributed by atoms with van der Waals surface area (Å²) >= 11 is 0. The van der Waals surface area contributed by atoms with Crippen LogP contribution in [0.15, 0.2) is 36.5 Å². The second kappa shape index (κ2) is 10.5. The molecule has 2 N–H and O–H groups in total. The van der Waals surface area contributed by atoms with E-state index in [2.05, 4.69) is 20.3 Å². The number of halogens is 1. The number of carbonyl (C=O) groups is 1. The summed E-state index contributed by atoms with van der Waals surface area (Å²) in [6, 6.07) is 7.85. The summed E-state index contributed by atoms with van der Waals surface area (Å²) in [5.41, 5.74) is 1.69. The van der Waals surface area contributed by atoms with Crippen LogP contribution in [0.2, 0.25) is 0 Å². The van der Waals surface area contributed by atoms with Gasteiger partial charge in [0, 0.05) is 39.0 Å². The number of aromatic nitrogens is 4. The SMILES string of the molecule is CN(C)c1nccc(-c2[nH]c(C3OCC(C)(C(=O)NCC4CCCO4)CO3)nc2-c2ccc(F)cc2)n1. The van der Waals surface area contributed by atoms with Crippen molar-refractivity contribution < 1.29 is 23.4 Å². The Balaban J connectivity index is 1.36. The van der Waals surface area contributed by atoms with Gasteiger partial charge in [0.25, 0.3) is 0 Å². The molecule has 0 saturated carbocycles. The molecule has 0 spiro atoms. The smallest absolute Gasteiger partial charge is 0.230 e. The Hall–Kier alpha value is -3.41. The van der Waals surface area contributed by atoms with E-state index in [4.69, 9.17) is 19.2 Å². The number of ether oxygens (including phenoxy) is 3. The zero-order valence-corrected chi connectivity index (χ0v) is 21.2. The molecule has 37 heavy (non-hydrogen) atoms. The minimum atomic E-state index is -0.836. The van der Waals surface area contributed by atoms with Crippen molar-refractivity contribution >= 4 is 11.9 Å². The highest BCUT2D eigenvalue weighted by atomic mass is 19.1. The van der Waals surface area contributed by atoms with Crippen LogP contribution in [0.3, 0.4) is 0 Å². The number of nitrogens with zero attached hydrogens (tertiary/aromatic N) is 4. The molecule has 1 amide bonds. The van der Waals surface area contributed by atoms with Gasteiger partial charge in [-0.3, -0.25) is 4.79 Å². The number of rotatable bonds is 7. The minimum Gasteiger partial charge on any atom is -0.376 e. The Labute approximate surface area is 214 Å². The lowest BCUT2D eigenvalue weighted by Gasteiger charge is -2.35. The topological polar surface area (TPSA) is 114 Å². The fraction of sp³-hybridized carbons (Fsp3) is 0.462. The molecule has 1 unspecified atom stereocenters. The third kappa shape index (κ3) is 5.48. The summed E-state index contributed by atoms with van der Waals surface area (Å²) < 4.78 is 31.2. The third-order valence-electron chi connectivity index (χ3n) is 6.53. The first-order valence-electron chi connectivity index (χ1n) is 12.3. The average Bonchev–Trinajstić information content (AvgIpc) is 3.59. The summed E-state index contributed by atoms with van der Waals surface area (Å²) in [7, 11) is 3.71. The molecule has 1 aromatic carbocycles. The maximum atomic E-state index is 13.6. The van der Waals surface area contributed by atoms with Gasteiger partial charge >= 0.3 is 0 Å². The summed E-state index contributed by atoms with van der Waals surface area (Å²) in [5, 5.41) is 2.97. The highest BCUT2D eigenvalue weighted by Gasteiger charge is 2.41. The zero-order chi connectivity index (χ0) is 26.0. The summed E-state index contributed by atoms with van der Waals surface area (Å²) in [5.74, 6) is 0.495. The molecule has 0 aliphatic carbocycles. The van der Waals surface area contributed by atoms with Gasteiger partial charge in [-0.05, 0) is 50.1 Å². The molecular formula is C26H31FN6O4. The van der Waals surface area contributed by atoms with Gasteiger partial charge < -0.3 is 29.4 Å². The first-order chi connectivity index (χ1) is 17.8. The largest absolute Gasteiger partial charge is 0.376 e. The number of benzene rings is 1. The molecule has 5 rings (SSSR count). The Kier molecular flexibility index (Phi) is 7.18. The van der Waals surface area contributed by atoms with Crippen molar-refractivity contribution in [1.82, 2.24) is 25.3 Å². The Morgan fingerprint density at radius 2 is 1.92 bits per heavy atom. The molecule has 0 bridgehead atoms. The van der Waals surface area contributed by atoms with Gasteiger partial charge in [-0.15, -0.1) is 0 Å². The lowest BCUT2D eigenvalue weighted by molar-refractivity contribution is -0.231. The number of nitrogens with one attached hydrogen (secondary N) is 2. The fourth-order valence-corrected chi connectivity index (χ4v) is 4.33. The van der Waals surface area contributed by atoms with Crippen molar-refractivity contribution in [3.8, 4) is 22.6 Å². The number of amides is 1. The molecule has 196 valence electrons. The minimum absolute atomic E-state index is 0.0620. The molecule has 2 aromatic heterocycles. The van der Waals surface area contributed by atoms with Crippen molar-refractivity contribution in [1.29, 1.82) is 0 Å². The monoisotopic (exact) mass is 510 g/mol. The van der Waals surface area contributed by atoms with E-state index < -0.39 is 11.7 Å². The molecule has 10 nitrogen and oxygen atoms in total. The Bertz CT molecular complexity index is 1230. The van der Waals surface area contributed by atoms with Gasteiger partial charge in [-0.25, -0.2) is 19.3 Å². The second-order valence-corrected chi connectivity index (χ2v) is 9.85. The first-order valence-corrected chi connectivity index (χ1v) is 12.3. The van der Waals surface area contributed by atoms with Crippen molar-refractivity contribution in [3.63, 3.8) is 0 Å². The summed E-state index contributed by atoms with van der Waals surface area (Å²) in [6.07, 6.45) is 2.89. The van der Waals surface area contributed by atoms with Crippen LogP contribution in [0.1, 0.15) is 31.9 Å². The molecule has 2 aliphatic heterocycles. The van der Waals surface area contributed by atoms with Gasteiger partial charge in [0.2, 0.25) is 18.1 Å². The Morgan fingerprint density at radius 3 is 2.59 bits per heavy atom. The number of aromatic amines is 1. The quantitative estimate of drug-likeness (QED) is 0.499. The highest BCUT2D eigenvalue weighted by molar-refractivity contribution is 5.82. The van der Waals surface area contributed by atoms with E-state index in [0.717, 1.165) is 19.4 Å². The lowest BCUT2D eigenvalue weighted by Crippen LogP contribution is -2.49. The number of anilines is 1. The molecule has 11 heteroatoms. The van der Waals surface area contributed by atoms with Gasteiger partial charge in [0.15, 0.2) is 5.82 Å². The van der Waals surface area contributed by atoms with Crippen LogP contribution < -0.4 is 10.2 Å². The second-order valence-electron chi connectivity index (χ2n) is 9.85. The number of hydrogen-bond donors (Lipinski definition) is 2. The van der Waals surface area contributed by atoms with E-state index in [9.17, 15) is 9.18 Å². The Morgan fingerprint density at radius 1 is 1.16 bits per heavy atom. The van der Waals surface area contributed by atoms with Gasteiger partial charge in [0.1, 0.15) is 5.82 Å².